The lowest BCUT2D eigenvalue weighted by molar-refractivity contribution is 1.06. The minimum Gasteiger partial charge on any atom is -0.198 e. The number of allylic oxidation sites excluding steroid dienone is 1. The summed E-state index contributed by atoms with van der Waals surface area (Å²) in [6.45, 7) is 0. The SMILES string of the molecule is B/C=C/CCC#N. The van der Waals surface area contributed by atoms with Gasteiger partial charge >= 0.3 is 0 Å². The van der Waals surface area contributed by atoms with Crippen molar-refractivity contribution in [3.05, 3.63) is 12.1 Å². The Kier molecular flexibility index (Phi) is 4.76. The minimum absolute atomic E-state index is 0.643. The normalized spacial score (nSPS) is 9.00. The molecule has 0 N–H and O–H groups in total. The third kappa shape index (κ3) is 5.29. The molecule has 0 radical (unpaired) electrons. The summed E-state index contributed by atoms with van der Waals surface area (Å²) in [6.07, 6.45) is 3.53. The van der Waals surface area contributed by atoms with Crippen LogP contribution < -0.4 is 0 Å². The van der Waals surface area contributed by atoms with Gasteiger partial charge in [0, 0.05) is 6.42 Å². The minimum atomic E-state index is 0.643. The van der Waals surface area contributed by atoms with Crippen molar-refractivity contribution >= 4 is 7.85 Å². The molecule has 2 heteroatoms. The number of unbranched alkanes of at least 4 members (excludes halogenated alkanes) is 1. The molecule has 0 aliphatic rings. The number of nitriles is 1. The molecular weight excluding hydrogens is 84.9 g/mol. The standard InChI is InChI=1S/C5H8BN/c6-4-2-1-3-5-7/h2,4H,1,3,6H2/b4-2+. The summed E-state index contributed by atoms with van der Waals surface area (Å²) in [5.41, 5.74) is 0. The fourth-order valence-corrected chi connectivity index (χ4v) is 0.315. The summed E-state index contributed by atoms with van der Waals surface area (Å²) in [5, 5.41) is 8.01. The Bertz CT molecular complexity index is 90.7. The number of nitrogens with zero attached hydrogens (tertiary/aromatic N) is 1. The predicted octanol–water partition coefficient (Wildman–Crippen LogP) is 0.437. The van der Waals surface area contributed by atoms with Gasteiger partial charge in [-0.15, -0.1) is 5.98 Å². The van der Waals surface area contributed by atoms with E-state index in [0.717, 1.165) is 6.42 Å². The van der Waals surface area contributed by atoms with Crippen LogP contribution in [0.3, 0.4) is 0 Å². The molecule has 0 atom stereocenters. The fraction of sp³-hybridized carbons (Fsp3) is 0.400. The Labute approximate surface area is 45.1 Å². The maximum absolute atomic E-state index is 8.01. The number of rotatable bonds is 2. The maximum atomic E-state index is 8.01. The predicted molar refractivity (Wildman–Crippen MR) is 32.5 cm³/mol. The first-order valence-corrected chi connectivity index (χ1v) is 2.40. The monoisotopic (exact) mass is 93.1 g/mol. The van der Waals surface area contributed by atoms with E-state index in [1.54, 1.807) is 0 Å². The van der Waals surface area contributed by atoms with Gasteiger partial charge in [-0.2, -0.15) is 5.26 Å². The highest BCUT2D eigenvalue weighted by Gasteiger charge is 1.71. The van der Waals surface area contributed by atoms with Crippen LogP contribution in [-0.4, -0.2) is 7.85 Å². The van der Waals surface area contributed by atoms with Gasteiger partial charge in [0.05, 0.1) is 6.07 Å². The van der Waals surface area contributed by atoms with Crippen LogP contribution in [0.2, 0.25) is 0 Å². The highest BCUT2D eigenvalue weighted by molar-refractivity contribution is 6.16. The van der Waals surface area contributed by atoms with Crippen molar-refractivity contribution in [2.45, 2.75) is 12.8 Å². The zero-order chi connectivity index (χ0) is 5.54. The zero-order valence-electron chi connectivity index (χ0n) is 4.52. The van der Waals surface area contributed by atoms with E-state index in [0.29, 0.717) is 6.42 Å². The summed E-state index contributed by atoms with van der Waals surface area (Å²) in [5.74, 6) is 1.96. The fourth-order valence-electron chi connectivity index (χ4n) is 0.315. The van der Waals surface area contributed by atoms with Gasteiger partial charge in [-0.1, -0.05) is 6.08 Å². The first-order valence-electron chi connectivity index (χ1n) is 2.40. The Morgan fingerprint density at radius 2 is 2.43 bits per heavy atom. The molecule has 0 aliphatic carbocycles. The van der Waals surface area contributed by atoms with Crippen LogP contribution in [-0.2, 0) is 0 Å². The molecule has 36 valence electrons. The van der Waals surface area contributed by atoms with Crippen LogP contribution in [0, 0.1) is 11.3 Å². The smallest absolute Gasteiger partial charge is 0.129 e. The van der Waals surface area contributed by atoms with Crippen molar-refractivity contribution in [3.63, 3.8) is 0 Å². The molecule has 0 fully saturated rings. The molecule has 0 bridgehead atoms. The molecule has 0 aromatic rings. The molecule has 0 aliphatic heterocycles. The lowest BCUT2D eigenvalue weighted by atomic mass is 10.1. The van der Waals surface area contributed by atoms with E-state index in [4.69, 9.17) is 5.26 Å². The topological polar surface area (TPSA) is 23.8 Å². The van der Waals surface area contributed by atoms with Gasteiger partial charge in [0.15, 0.2) is 0 Å². The summed E-state index contributed by atoms with van der Waals surface area (Å²) in [4.78, 5) is 0. The lowest BCUT2D eigenvalue weighted by Crippen LogP contribution is -1.61. The van der Waals surface area contributed by atoms with E-state index in [2.05, 4.69) is 6.07 Å². The molecular formula is C5H8BN. The van der Waals surface area contributed by atoms with Crippen LogP contribution >= 0.6 is 0 Å². The Morgan fingerprint density at radius 3 is 2.86 bits per heavy atom. The second-order valence-corrected chi connectivity index (χ2v) is 1.27. The van der Waals surface area contributed by atoms with Crippen LogP contribution in [0.1, 0.15) is 12.8 Å². The van der Waals surface area contributed by atoms with Gasteiger partial charge in [0.2, 0.25) is 0 Å². The highest BCUT2D eigenvalue weighted by Crippen LogP contribution is 1.84. The van der Waals surface area contributed by atoms with E-state index >= 15 is 0 Å². The van der Waals surface area contributed by atoms with Crippen LogP contribution in [0.5, 0.6) is 0 Å². The van der Waals surface area contributed by atoms with Crippen molar-refractivity contribution < 1.29 is 0 Å². The third-order valence-corrected chi connectivity index (χ3v) is 0.659. The van der Waals surface area contributed by atoms with Crippen molar-refractivity contribution in [3.8, 4) is 6.07 Å². The van der Waals surface area contributed by atoms with Crippen molar-refractivity contribution in [2.24, 2.45) is 0 Å². The molecule has 0 spiro atoms. The van der Waals surface area contributed by atoms with E-state index in [9.17, 15) is 0 Å². The third-order valence-electron chi connectivity index (χ3n) is 0.659. The van der Waals surface area contributed by atoms with Crippen LogP contribution in [0.25, 0.3) is 0 Å². The lowest BCUT2D eigenvalue weighted by Gasteiger charge is -1.74. The molecule has 0 amide bonds. The molecule has 0 aromatic heterocycles. The van der Waals surface area contributed by atoms with Crippen molar-refractivity contribution in [2.75, 3.05) is 0 Å². The van der Waals surface area contributed by atoms with Gasteiger partial charge in [-0.3, -0.25) is 0 Å². The summed E-state index contributed by atoms with van der Waals surface area (Å²) >= 11 is 0. The maximum Gasteiger partial charge on any atom is 0.129 e. The van der Waals surface area contributed by atoms with E-state index in [-0.39, 0.29) is 0 Å². The zero-order valence-corrected chi connectivity index (χ0v) is 4.52. The number of hydrogen-bond donors (Lipinski definition) is 0. The van der Waals surface area contributed by atoms with Gasteiger partial charge in [-0.05, 0) is 6.42 Å². The largest absolute Gasteiger partial charge is 0.198 e. The average molecular weight is 92.9 g/mol. The summed E-state index contributed by atoms with van der Waals surface area (Å²) in [7, 11) is 1.96. The van der Waals surface area contributed by atoms with Gasteiger partial charge in [0.25, 0.3) is 0 Å². The van der Waals surface area contributed by atoms with E-state index in [1.807, 2.05) is 19.9 Å². The average Bonchev–Trinajstić information content (AvgIpc) is 1.69. The second kappa shape index (κ2) is 5.29. The first kappa shape index (κ1) is 6.29. The molecule has 1 nitrogen and oxygen atoms in total. The van der Waals surface area contributed by atoms with E-state index in [1.165, 1.54) is 0 Å². The molecule has 0 saturated heterocycles. The molecule has 0 rings (SSSR count). The summed E-state index contributed by atoms with van der Waals surface area (Å²) < 4.78 is 0. The van der Waals surface area contributed by atoms with Crippen molar-refractivity contribution in [1.82, 2.24) is 0 Å². The Balaban J connectivity index is 2.87. The quantitative estimate of drug-likeness (QED) is 0.359. The molecule has 7 heavy (non-hydrogen) atoms. The highest BCUT2D eigenvalue weighted by atomic mass is 14.2. The van der Waals surface area contributed by atoms with Crippen LogP contribution in [0.4, 0.5) is 0 Å². The number of hydrogen-bond acceptors (Lipinski definition) is 1. The second-order valence-electron chi connectivity index (χ2n) is 1.27. The van der Waals surface area contributed by atoms with Gasteiger partial charge in [0.1, 0.15) is 7.85 Å². The molecule has 0 heterocycles. The molecule has 0 saturated carbocycles. The van der Waals surface area contributed by atoms with E-state index < -0.39 is 0 Å². The van der Waals surface area contributed by atoms with Gasteiger partial charge < -0.3 is 0 Å². The molecule has 0 unspecified atom stereocenters. The Morgan fingerprint density at radius 1 is 1.71 bits per heavy atom. The summed E-state index contributed by atoms with van der Waals surface area (Å²) in [6, 6.07) is 2.05. The Hall–Kier alpha value is -0.705. The first-order chi connectivity index (χ1) is 3.41. The molecule has 0 aromatic carbocycles. The van der Waals surface area contributed by atoms with Gasteiger partial charge in [-0.25, -0.2) is 0 Å². The van der Waals surface area contributed by atoms with Crippen LogP contribution in [0.15, 0.2) is 12.1 Å². The van der Waals surface area contributed by atoms with Crippen molar-refractivity contribution in [1.29, 1.82) is 5.26 Å².